The first-order valence-corrected chi connectivity index (χ1v) is 7.43. The van der Waals surface area contributed by atoms with Gasteiger partial charge in [-0.3, -0.25) is 0 Å². The molecule has 1 N–H and O–H groups in total. The zero-order valence-corrected chi connectivity index (χ0v) is 13.7. The molecule has 2 aromatic carbocycles. The smallest absolute Gasteiger partial charge is 0.124 e. The van der Waals surface area contributed by atoms with Crippen LogP contribution in [0.1, 0.15) is 5.56 Å². The predicted molar refractivity (Wildman–Crippen MR) is 85.6 cm³/mol. The maximum absolute atomic E-state index is 13.2. The third-order valence-electron chi connectivity index (χ3n) is 2.34. The van der Waals surface area contributed by atoms with E-state index in [2.05, 4.69) is 43.8 Å². The van der Waals surface area contributed by atoms with E-state index in [0.29, 0.717) is 11.6 Å². The van der Waals surface area contributed by atoms with Crippen molar-refractivity contribution >= 4 is 55.8 Å². The molecule has 0 aromatic heterocycles. The van der Waals surface area contributed by atoms with Crippen molar-refractivity contribution in [1.82, 2.24) is 0 Å². The van der Waals surface area contributed by atoms with Crippen LogP contribution >= 0.6 is 50.1 Å². The summed E-state index contributed by atoms with van der Waals surface area (Å²) in [6.45, 7) is 0.524. The summed E-state index contributed by atoms with van der Waals surface area (Å²) in [6.07, 6.45) is 0. The average molecular weight is 440 g/mol. The zero-order chi connectivity index (χ0) is 13.1. The Morgan fingerprint density at radius 1 is 1.22 bits per heavy atom. The molecule has 0 fully saturated rings. The number of hydrogen-bond donors (Lipinski definition) is 1. The van der Waals surface area contributed by atoms with Gasteiger partial charge in [-0.25, -0.2) is 4.39 Å². The molecule has 0 aliphatic rings. The Labute approximate surface area is 132 Å². The fraction of sp³-hybridized carbons (Fsp3) is 0.0769. The van der Waals surface area contributed by atoms with Crippen molar-refractivity contribution in [3.63, 3.8) is 0 Å². The minimum Gasteiger partial charge on any atom is -0.380 e. The standard InChI is InChI=1S/C13H9BrClFIN/c14-9-3-8(4-10(16)5-9)7-18-13-2-1-11(17)6-12(13)15/h1-6,18H,7H2. The van der Waals surface area contributed by atoms with Crippen LogP contribution in [-0.4, -0.2) is 0 Å². The van der Waals surface area contributed by atoms with Gasteiger partial charge in [0.05, 0.1) is 10.7 Å². The van der Waals surface area contributed by atoms with E-state index >= 15 is 0 Å². The molecule has 1 nitrogen and oxygen atoms in total. The van der Waals surface area contributed by atoms with Gasteiger partial charge in [0.2, 0.25) is 0 Å². The predicted octanol–water partition coefficient (Wildman–Crippen LogP) is 5.46. The van der Waals surface area contributed by atoms with Gasteiger partial charge in [-0.05, 0) is 64.6 Å². The molecule has 5 heteroatoms. The molecule has 0 aliphatic carbocycles. The summed E-state index contributed by atoms with van der Waals surface area (Å²) < 4.78 is 15.0. The lowest BCUT2D eigenvalue weighted by Gasteiger charge is -2.09. The lowest BCUT2D eigenvalue weighted by molar-refractivity contribution is 0.625. The van der Waals surface area contributed by atoms with Gasteiger partial charge < -0.3 is 5.32 Å². The average Bonchev–Trinajstić information content (AvgIpc) is 2.26. The zero-order valence-electron chi connectivity index (χ0n) is 9.18. The van der Waals surface area contributed by atoms with E-state index < -0.39 is 0 Å². The van der Waals surface area contributed by atoms with Crippen LogP contribution in [0.4, 0.5) is 10.1 Å². The molecule has 0 spiro atoms. The highest BCUT2D eigenvalue weighted by atomic mass is 127. The van der Waals surface area contributed by atoms with E-state index in [4.69, 9.17) is 11.6 Å². The second kappa shape index (κ2) is 6.21. The number of nitrogens with one attached hydrogen (secondary N) is 1. The Morgan fingerprint density at radius 2 is 2.00 bits per heavy atom. The normalized spacial score (nSPS) is 10.4. The van der Waals surface area contributed by atoms with Crippen LogP contribution in [0, 0.1) is 9.39 Å². The van der Waals surface area contributed by atoms with Crippen LogP contribution in [0.2, 0.25) is 5.02 Å². The van der Waals surface area contributed by atoms with Crippen LogP contribution < -0.4 is 5.32 Å². The molecular formula is C13H9BrClFIN. The Morgan fingerprint density at radius 3 is 2.67 bits per heavy atom. The Kier molecular flexibility index (Phi) is 4.86. The van der Waals surface area contributed by atoms with E-state index in [-0.39, 0.29) is 5.82 Å². The van der Waals surface area contributed by atoms with E-state index in [1.807, 2.05) is 24.3 Å². The third kappa shape index (κ3) is 3.83. The second-order valence-corrected chi connectivity index (χ2v) is 6.32. The highest BCUT2D eigenvalue weighted by Crippen LogP contribution is 2.24. The van der Waals surface area contributed by atoms with E-state index in [9.17, 15) is 4.39 Å². The summed E-state index contributed by atoms with van der Waals surface area (Å²) in [5.41, 5.74) is 1.70. The summed E-state index contributed by atoms with van der Waals surface area (Å²) in [5, 5.41) is 3.85. The molecule has 18 heavy (non-hydrogen) atoms. The van der Waals surface area contributed by atoms with Crippen LogP contribution in [-0.2, 0) is 6.54 Å². The Hall–Kier alpha value is -0.330. The molecule has 0 saturated carbocycles. The Bertz CT molecular complexity index is 557. The molecule has 0 saturated heterocycles. The molecule has 0 heterocycles. The van der Waals surface area contributed by atoms with E-state index in [0.717, 1.165) is 19.3 Å². The van der Waals surface area contributed by atoms with E-state index in [1.165, 1.54) is 12.1 Å². The van der Waals surface area contributed by atoms with Crippen molar-refractivity contribution in [2.75, 3.05) is 5.32 Å². The fourth-order valence-corrected chi connectivity index (χ4v) is 2.98. The third-order valence-corrected chi connectivity index (χ3v) is 3.78. The van der Waals surface area contributed by atoms with Gasteiger partial charge in [0.25, 0.3) is 0 Å². The van der Waals surface area contributed by atoms with Crippen molar-refractivity contribution < 1.29 is 4.39 Å². The number of hydrogen-bond acceptors (Lipinski definition) is 1. The topological polar surface area (TPSA) is 12.0 Å². The van der Waals surface area contributed by atoms with Crippen molar-refractivity contribution in [2.45, 2.75) is 6.54 Å². The second-order valence-electron chi connectivity index (χ2n) is 3.76. The summed E-state index contributed by atoms with van der Waals surface area (Å²) in [7, 11) is 0. The van der Waals surface area contributed by atoms with Crippen LogP contribution in [0.3, 0.4) is 0 Å². The molecule has 0 aliphatic heterocycles. The summed E-state index contributed by atoms with van der Waals surface area (Å²) >= 11 is 11.6. The first kappa shape index (κ1) is 14.1. The highest BCUT2D eigenvalue weighted by molar-refractivity contribution is 14.1. The molecular weight excluding hydrogens is 431 g/mol. The lowest BCUT2D eigenvalue weighted by atomic mass is 10.2. The summed E-state index contributed by atoms with van der Waals surface area (Å²) in [4.78, 5) is 0. The molecule has 0 amide bonds. The van der Waals surface area contributed by atoms with Crippen molar-refractivity contribution in [2.24, 2.45) is 0 Å². The maximum atomic E-state index is 13.2. The number of benzene rings is 2. The van der Waals surface area contributed by atoms with Crippen molar-refractivity contribution in [3.8, 4) is 0 Å². The van der Waals surface area contributed by atoms with Gasteiger partial charge in [0.15, 0.2) is 0 Å². The molecule has 0 bridgehead atoms. The molecule has 0 radical (unpaired) electrons. The molecule has 2 aromatic rings. The van der Waals surface area contributed by atoms with Gasteiger partial charge in [-0.1, -0.05) is 27.5 Å². The van der Waals surface area contributed by atoms with Gasteiger partial charge in [-0.15, -0.1) is 0 Å². The first-order chi connectivity index (χ1) is 8.54. The minimum atomic E-state index is -0.255. The van der Waals surface area contributed by atoms with Gasteiger partial charge in [0, 0.05) is 14.6 Å². The fourth-order valence-electron chi connectivity index (χ4n) is 1.54. The van der Waals surface area contributed by atoms with Crippen LogP contribution in [0.5, 0.6) is 0 Å². The minimum absolute atomic E-state index is 0.255. The largest absolute Gasteiger partial charge is 0.380 e. The number of rotatable bonds is 3. The Balaban J connectivity index is 2.11. The number of anilines is 1. The van der Waals surface area contributed by atoms with Crippen LogP contribution in [0.25, 0.3) is 0 Å². The quantitative estimate of drug-likeness (QED) is 0.625. The molecule has 0 unspecified atom stereocenters. The SMILES string of the molecule is Fc1cc(Br)cc(CNc2ccc(I)cc2Cl)c1. The molecule has 94 valence electrons. The number of halogens is 4. The van der Waals surface area contributed by atoms with Crippen LogP contribution in [0.15, 0.2) is 40.9 Å². The summed E-state index contributed by atoms with van der Waals surface area (Å²) in [6, 6.07) is 10.6. The highest BCUT2D eigenvalue weighted by Gasteiger charge is 2.02. The first-order valence-electron chi connectivity index (χ1n) is 5.18. The summed E-state index contributed by atoms with van der Waals surface area (Å²) in [5.74, 6) is -0.255. The van der Waals surface area contributed by atoms with Gasteiger partial charge in [0.1, 0.15) is 5.82 Å². The van der Waals surface area contributed by atoms with Gasteiger partial charge >= 0.3 is 0 Å². The molecule has 2 rings (SSSR count). The monoisotopic (exact) mass is 439 g/mol. The maximum Gasteiger partial charge on any atom is 0.124 e. The molecule has 0 atom stereocenters. The van der Waals surface area contributed by atoms with Gasteiger partial charge in [-0.2, -0.15) is 0 Å². The van der Waals surface area contributed by atoms with Crippen molar-refractivity contribution in [3.05, 3.63) is 60.8 Å². The van der Waals surface area contributed by atoms with E-state index in [1.54, 1.807) is 0 Å². The van der Waals surface area contributed by atoms with Crippen molar-refractivity contribution in [1.29, 1.82) is 0 Å². The lowest BCUT2D eigenvalue weighted by Crippen LogP contribution is -2.00.